The van der Waals surface area contributed by atoms with Crippen LogP contribution in [0, 0.1) is 5.92 Å². The quantitative estimate of drug-likeness (QED) is 0.804. The first-order valence-electron chi connectivity index (χ1n) is 10.2. The van der Waals surface area contributed by atoms with Gasteiger partial charge in [0.25, 0.3) is 0 Å². The van der Waals surface area contributed by atoms with Gasteiger partial charge >= 0.3 is 0 Å². The van der Waals surface area contributed by atoms with E-state index in [0.717, 1.165) is 32.1 Å². The minimum Gasteiger partial charge on any atom is -0.311 e. The number of hydrogen-bond donors (Lipinski definition) is 1. The van der Waals surface area contributed by atoms with Crippen LogP contribution >= 0.6 is 24.8 Å². The maximum atomic E-state index is 4.84. The first-order valence-corrected chi connectivity index (χ1v) is 10.2. The fourth-order valence-electron chi connectivity index (χ4n) is 4.64. The number of piperazine rings is 1. The molecule has 4 heterocycles. The molecule has 1 aromatic heterocycles. The Bertz CT molecular complexity index is 535. The molecule has 0 aromatic carbocycles. The fourth-order valence-corrected chi connectivity index (χ4v) is 4.64. The normalized spacial score (nSPS) is 25.1. The summed E-state index contributed by atoms with van der Waals surface area (Å²) in [4.78, 5) is 7.77. The highest BCUT2D eigenvalue weighted by Crippen LogP contribution is 2.18. The van der Waals surface area contributed by atoms with E-state index in [9.17, 15) is 0 Å². The van der Waals surface area contributed by atoms with Crippen molar-refractivity contribution in [3.63, 3.8) is 0 Å². The van der Waals surface area contributed by atoms with Crippen molar-refractivity contribution in [2.75, 3.05) is 59.4 Å². The van der Waals surface area contributed by atoms with Crippen molar-refractivity contribution in [2.45, 2.75) is 38.9 Å². The Hall–Kier alpha value is -0.370. The van der Waals surface area contributed by atoms with Gasteiger partial charge in [-0.25, -0.2) is 0 Å². The molecule has 27 heavy (non-hydrogen) atoms. The van der Waals surface area contributed by atoms with Gasteiger partial charge in [-0.05, 0) is 51.4 Å². The Morgan fingerprint density at radius 3 is 2.59 bits per heavy atom. The molecule has 6 nitrogen and oxygen atoms in total. The van der Waals surface area contributed by atoms with Crippen LogP contribution in [0.15, 0.2) is 6.07 Å². The number of piperidine rings is 1. The van der Waals surface area contributed by atoms with E-state index in [1.807, 2.05) is 0 Å². The zero-order valence-electron chi connectivity index (χ0n) is 16.6. The van der Waals surface area contributed by atoms with Gasteiger partial charge in [0.2, 0.25) is 0 Å². The molecule has 1 unspecified atom stereocenters. The number of halogens is 2. The Labute approximate surface area is 176 Å². The van der Waals surface area contributed by atoms with Crippen molar-refractivity contribution >= 4 is 24.8 Å². The third-order valence-corrected chi connectivity index (χ3v) is 6.03. The number of aromatic nitrogens is 2. The molecule has 0 bridgehead atoms. The third kappa shape index (κ3) is 6.31. The van der Waals surface area contributed by atoms with Crippen LogP contribution in [0.3, 0.4) is 0 Å². The summed E-state index contributed by atoms with van der Waals surface area (Å²) in [7, 11) is 2.27. The molecule has 0 radical (unpaired) electrons. The molecule has 1 atom stereocenters. The minimum absolute atomic E-state index is 0. The number of nitrogens with one attached hydrogen (secondary N) is 1. The number of aryl methyl sites for hydroxylation is 1. The zero-order valence-corrected chi connectivity index (χ0v) is 18.2. The van der Waals surface area contributed by atoms with Crippen LogP contribution in [-0.2, 0) is 19.6 Å². The lowest BCUT2D eigenvalue weighted by Crippen LogP contribution is -2.49. The molecule has 3 aliphatic rings. The fraction of sp³-hybridized carbons (Fsp3) is 0.842. The smallest absolute Gasteiger partial charge is 0.0768 e. The molecule has 0 amide bonds. The predicted molar refractivity (Wildman–Crippen MR) is 115 cm³/mol. The molecule has 1 N–H and O–H groups in total. The second kappa shape index (κ2) is 11.0. The van der Waals surface area contributed by atoms with Crippen molar-refractivity contribution in [1.82, 2.24) is 29.8 Å². The van der Waals surface area contributed by atoms with Gasteiger partial charge in [-0.2, -0.15) is 5.10 Å². The molecule has 3 aliphatic heterocycles. The topological polar surface area (TPSA) is 39.6 Å². The molecule has 8 heteroatoms. The summed E-state index contributed by atoms with van der Waals surface area (Å²) < 4.78 is 2.21. The lowest BCUT2D eigenvalue weighted by Gasteiger charge is -2.38. The molecule has 0 saturated carbocycles. The number of rotatable bonds is 4. The van der Waals surface area contributed by atoms with E-state index in [0.29, 0.717) is 0 Å². The Kier molecular flexibility index (Phi) is 9.32. The van der Waals surface area contributed by atoms with Gasteiger partial charge in [0.05, 0.1) is 11.4 Å². The van der Waals surface area contributed by atoms with Crippen molar-refractivity contribution < 1.29 is 0 Å². The van der Waals surface area contributed by atoms with Crippen molar-refractivity contribution in [3.05, 3.63) is 17.5 Å². The standard InChI is InChI=1S/C19H34N6.2ClH/c1-22-6-2-4-17(14-22)15-23-8-10-24(11-9-23)16-18-12-19-13-20-5-3-7-25(19)21-18;;/h12,17,20H,2-11,13-16H2,1H3;2*1H. The van der Waals surface area contributed by atoms with Gasteiger partial charge in [0.15, 0.2) is 0 Å². The zero-order chi connectivity index (χ0) is 17.1. The first kappa shape index (κ1) is 22.9. The average molecular weight is 419 g/mol. The van der Waals surface area contributed by atoms with Gasteiger partial charge in [-0.1, -0.05) is 0 Å². The van der Waals surface area contributed by atoms with Gasteiger partial charge in [0, 0.05) is 58.9 Å². The highest BCUT2D eigenvalue weighted by atomic mass is 35.5. The Morgan fingerprint density at radius 2 is 1.81 bits per heavy atom. The number of likely N-dealkylation sites (tertiary alicyclic amines) is 1. The van der Waals surface area contributed by atoms with Crippen LogP contribution in [0.25, 0.3) is 0 Å². The molecule has 156 valence electrons. The van der Waals surface area contributed by atoms with Crippen LogP contribution in [0.5, 0.6) is 0 Å². The van der Waals surface area contributed by atoms with E-state index < -0.39 is 0 Å². The minimum atomic E-state index is 0. The first-order chi connectivity index (χ1) is 12.3. The van der Waals surface area contributed by atoms with Crippen LogP contribution < -0.4 is 5.32 Å². The second-order valence-corrected chi connectivity index (χ2v) is 8.23. The summed E-state index contributed by atoms with van der Waals surface area (Å²) in [5.41, 5.74) is 2.61. The van der Waals surface area contributed by atoms with E-state index in [1.54, 1.807) is 0 Å². The molecule has 2 fully saturated rings. The summed E-state index contributed by atoms with van der Waals surface area (Å²) in [5.74, 6) is 0.876. The van der Waals surface area contributed by atoms with E-state index in [4.69, 9.17) is 5.10 Å². The number of hydrogen-bond acceptors (Lipinski definition) is 5. The highest BCUT2D eigenvalue weighted by molar-refractivity contribution is 5.85. The van der Waals surface area contributed by atoms with Crippen molar-refractivity contribution in [2.24, 2.45) is 5.92 Å². The third-order valence-electron chi connectivity index (χ3n) is 6.03. The summed E-state index contributed by atoms with van der Waals surface area (Å²) in [5, 5.41) is 8.33. The summed E-state index contributed by atoms with van der Waals surface area (Å²) in [6.45, 7) is 12.8. The van der Waals surface area contributed by atoms with Crippen LogP contribution in [-0.4, -0.2) is 83.9 Å². The lowest BCUT2D eigenvalue weighted by atomic mass is 9.97. The van der Waals surface area contributed by atoms with E-state index in [1.165, 1.54) is 76.5 Å². The maximum absolute atomic E-state index is 4.84. The molecular weight excluding hydrogens is 383 g/mol. The van der Waals surface area contributed by atoms with Crippen molar-refractivity contribution in [1.29, 1.82) is 0 Å². The number of fused-ring (bicyclic) bond motifs is 1. The molecule has 1 aromatic rings. The van der Waals surface area contributed by atoms with Gasteiger partial charge in [-0.15, -0.1) is 24.8 Å². The lowest BCUT2D eigenvalue weighted by molar-refractivity contribution is 0.0923. The monoisotopic (exact) mass is 418 g/mol. The van der Waals surface area contributed by atoms with E-state index in [2.05, 4.69) is 37.8 Å². The summed E-state index contributed by atoms with van der Waals surface area (Å²) in [6.07, 6.45) is 3.98. The van der Waals surface area contributed by atoms with E-state index >= 15 is 0 Å². The Balaban J connectivity index is 0.00000131. The van der Waals surface area contributed by atoms with Gasteiger partial charge in [-0.3, -0.25) is 9.58 Å². The second-order valence-electron chi connectivity index (χ2n) is 8.23. The molecule has 0 aliphatic carbocycles. The van der Waals surface area contributed by atoms with Crippen LogP contribution in [0.1, 0.15) is 30.7 Å². The van der Waals surface area contributed by atoms with Gasteiger partial charge in [0.1, 0.15) is 0 Å². The maximum Gasteiger partial charge on any atom is 0.0768 e. The predicted octanol–water partition coefficient (Wildman–Crippen LogP) is 1.68. The SMILES string of the molecule is CN1CCCC(CN2CCN(Cc3cc4n(n3)CCCNC4)CC2)C1.Cl.Cl. The van der Waals surface area contributed by atoms with Gasteiger partial charge < -0.3 is 15.1 Å². The van der Waals surface area contributed by atoms with E-state index in [-0.39, 0.29) is 24.8 Å². The molecule has 0 spiro atoms. The van der Waals surface area contributed by atoms with Crippen LogP contribution in [0.4, 0.5) is 0 Å². The summed E-state index contributed by atoms with van der Waals surface area (Å²) >= 11 is 0. The molecular formula is C19H36Cl2N6. The number of nitrogens with zero attached hydrogens (tertiary/aromatic N) is 5. The largest absolute Gasteiger partial charge is 0.311 e. The van der Waals surface area contributed by atoms with Crippen molar-refractivity contribution in [3.8, 4) is 0 Å². The molecule has 2 saturated heterocycles. The Morgan fingerprint density at radius 1 is 1.04 bits per heavy atom. The average Bonchev–Trinajstić information content (AvgIpc) is 2.85. The van der Waals surface area contributed by atoms with Crippen LogP contribution in [0.2, 0.25) is 0 Å². The molecule has 4 rings (SSSR count). The summed E-state index contributed by atoms with van der Waals surface area (Å²) in [6, 6.07) is 2.31. The highest BCUT2D eigenvalue weighted by Gasteiger charge is 2.23.